The minimum absolute atomic E-state index is 0.0372. The average molecular weight is 472 g/mol. The monoisotopic (exact) mass is 471 g/mol. The number of nitriles is 1. The molecule has 32 heavy (non-hydrogen) atoms. The van der Waals surface area contributed by atoms with Crippen LogP contribution in [0.2, 0.25) is 0 Å². The van der Waals surface area contributed by atoms with Gasteiger partial charge in [-0.1, -0.05) is 25.7 Å². The molecule has 1 aromatic heterocycles. The summed E-state index contributed by atoms with van der Waals surface area (Å²) in [5.74, 6) is -0.331. The summed E-state index contributed by atoms with van der Waals surface area (Å²) >= 11 is 1.49. The summed E-state index contributed by atoms with van der Waals surface area (Å²) in [4.78, 5) is 14.2. The molecular weight excluding hydrogens is 442 g/mol. The first-order chi connectivity index (χ1) is 15.4. The average Bonchev–Trinajstić information content (AvgIpc) is 2.97. The zero-order valence-corrected chi connectivity index (χ0v) is 20.0. The van der Waals surface area contributed by atoms with Gasteiger partial charge in [0.05, 0.1) is 10.5 Å². The molecule has 0 bridgehead atoms. The Balaban J connectivity index is 1.50. The number of fused-ring (bicyclic) bond motifs is 1. The molecule has 2 aliphatic rings. The number of sulfonamides is 1. The quantitative estimate of drug-likeness (QED) is 0.615. The Morgan fingerprint density at radius 3 is 2.41 bits per heavy atom. The van der Waals surface area contributed by atoms with Crippen LogP contribution in [0.4, 0.5) is 5.00 Å². The number of amides is 1. The second-order valence-corrected chi connectivity index (χ2v) is 11.8. The van der Waals surface area contributed by atoms with Crippen LogP contribution in [-0.2, 0) is 22.9 Å². The maximum Gasteiger partial charge on any atom is 0.256 e. The molecule has 0 unspecified atom stereocenters. The Hall–Kier alpha value is -2.21. The lowest BCUT2D eigenvalue weighted by molar-refractivity contribution is 0.102. The molecule has 4 rings (SSSR count). The number of hydrogen-bond acceptors (Lipinski definition) is 5. The molecule has 1 amide bonds. The Bertz CT molecular complexity index is 1120. The van der Waals surface area contributed by atoms with Crippen molar-refractivity contribution in [1.82, 2.24) is 4.31 Å². The highest BCUT2D eigenvalue weighted by atomic mass is 32.2. The van der Waals surface area contributed by atoms with Crippen LogP contribution in [0.15, 0.2) is 29.2 Å². The Labute approximate surface area is 194 Å². The predicted molar refractivity (Wildman–Crippen MR) is 127 cm³/mol. The van der Waals surface area contributed by atoms with E-state index in [2.05, 4.69) is 11.4 Å². The van der Waals surface area contributed by atoms with E-state index in [0.717, 1.165) is 63.4 Å². The van der Waals surface area contributed by atoms with Crippen molar-refractivity contribution in [3.8, 4) is 6.07 Å². The third kappa shape index (κ3) is 4.61. The molecular formula is C24H29N3O3S2. The van der Waals surface area contributed by atoms with E-state index in [9.17, 15) is 18.5 Å². The van der Waals surface area contributed by atoms with E-state index in [0.29, 0.717) is 16.1 Å². The van der Waals surface area contributed by atoms with Crippen molar-refractivity contribution in [2.24, 2.45) is 0 Å². The number of carbonyl (C=O) groups is 1. The Kier molecular flexibility index (Phi) is 6.99. The van der Waals surface area contributed by atoms with Crippen molar-refractivity contribution in [2.75, 3.05) is 12.4 Å². The number of carbonyl (C=O) groups excluding carboxylic acids is 1. The molecule has 8 heteroatoms. The van der Waals surface area contributed by atoms with Crippen molar-refractivity contribution in [1.29, 1.82) is 5.26 Å². The number of benzene rings is 1. The number of nitrogens with one attached hydrogen (secondary N) is 1. The maximum absolute atomic E-state index is 13.0. The lowest BCUT2D eigenvalue weighted by Gasteiger charge is -2.30. The fourth-order valence-electron chi connectivity index (χ4n) is 4.71. The highest BCUT2D eigenvalue weighted by molar-refractivity contribution is 7.89. The topological polar surface area (TPSA) is 90.3 Å². The van der Waals surface area contributed by atoms with Gasteiger partial charge in [-0.2, -0.15) is 9.57 Å². The van der Waals surface area contributed by atoms with Gasteiger partial charge in [0, 0.05) is 23.5 Å². The summed E-state index contributed by atoms with van der Waals surface area (Å²) in [6.07, 6.45) is 10.2. The molecule has 0 radical (unpaired) electrons. The fraction of sp³-hybridized carbons (Fsp3) is 0.500. The fourth-order valence-corrected chi connectivity index (χ4v) is 7.36. The number of nitrogens with zero attached hydrogens (tertiary/aromatic N) is 2. The zero-order chi connectivity index (χ0) is 22.7. The third-order valence-corrected chi connectivity index (χ3v) is 9.77. The third-order valence-electron chi connectivity index (χ3n) is 6.64. The number of aryl methyl sites for hydroxylation is 1. The van der Waals surface area contributed by atoms with Crippen molar-refractivity contribution in [3.05, 3.63) is 45.8 Å². The first-order valence-electron chi connectivity index (χ1n) is 11.4. The van der Waals surface area contributed by atoms with Crippen LogP contribution in [0.1, 0.15) is 77.7 Å². The molecule has 2 aromatic rings. The lowest BCUT2D eigenvalue weighted by atomic mass is 9.96. The zero-order valence-electron chi connectivity index (χ0n) is 18.4. The lowest BCUT2D eigenvalue weighted by Crippen LogP contribution is -2.38. The second kappa shape index (κ2) is 9.74. The molecule has 1 fully saturated rings. The van der Waals surface area contributed by atoms with Gasteiger partial charge in [0.1, 0.15) is 11.1 Å². The first kappa shape index (κ1) is 23.0. The summed E-state index contributed by atoms with van der Waals surface area (Å²) < 4.78 is 27.5. The van der Waals surface area contributed by atoms with E-state index in [4.69, 9.17) is 0 Å². The Morgan fingerprint density at radius 2 is 1.72 bits per heavy atom. The number of rotatable bonds is 5. The molecule has 1 aromatic carbocycles. The summed E-state index contributed by atoms with van der Waals surface area (Å²) in [6, 6.07) is 8.39. The second-order valence-electron chi connectivity index (χ2n) is 8.67. The van der Waals surface area contributed by atoms with Crippen molar-refractivity contribution in [2.45, 2.75) is 75.1 Å². The van der Waals surface area contributed by atoms with Gasteiger partial charge in [-0.3, -0.25) is 4.79 Å². The minimum atomic E-state index is -3.60. The van der Waals surface area contributed by atoms with Crippen LogP contribution in [-0.4, -0.2) is 31.7 Å². The van der Waals surface area contributed by atoms with Crippen molar-refractivity contribution >= 4 is 32.3 Å². The van der Waals surface area contributed by atoms with Gasteiger partial charge in [-0.05, 0) is 68.4 Å². The van der Waals surface area contributed by atoms with Crippen LogP contribution in [0.25, 0.3) is 0 Å². The molecule has 1 N–H and O–H groups in total. The van der Waals surface area contributed by atoms with Crippen molar-refractivity contribution in [3.63, 3.8) is 0 Å². The van der Waals surface area contributed by atoms with Crippen LogP contribution in [0.3, 0.4) is 0 Å². The molecule has 0 saturated heterocycles. The molecule has 170 valence electrons. The summed E-state index contributed by atoms with van der Waals surface area (Å²) in [5.41, 5.74) is 2.03. The summed E-state index contributed by atoms with van der Waals surface area (Å²) in [5, 5.41) is 13.1. The molecule has 6 nitrogen and oxygen atoms in total. The molecule has 1 heterocycles. The van der Waals surface area contributed by atoms with E-state index in [1.807, 2.05) is 0 Å². The van der Waals surface area contributed by atoms with Gasteiger partial charge >= 0.3 is 0 Å². The van der Waals surface area contributed by atoms with Gasteiger partial charge < -0.3 is 5.32 Å². The number of anilines is 1. The largest absolute Gasteiger partial charge is 0.312 e. The molecule has 0 aliphatic heterocycles. The SMILES string of the molecule is CN(C1CCCCC1)S(=O)(=O)c1ccc(C(=O)Nc2sc3c(c2C#N)CCCCC3)cc1. The van der Waals surface area contributed by atoms with Gasteiger partial charge in [0.15, 0.2) is 0 Å². The van der Waals surface area contributed by atoms with Gasteiger partial charge in [-0.25, -0.2) is 8.42 Å². The first-order valence-corrected chi connectivity index (χ1v) is 13.6. The predicted octanol–water partition coefficient (Wildman–Crippen LogP) is 5.09. The Morgan fingerprint density at radius 1 is 1.06 bits per heavy atom. The number of hydrogen-bond donors (Lipinski definition) is 1. The van der Waals surface area contributed by atoms with Gasteiger partial charge in [0.25, 0.3) is 5.91 Å². The van der Waals surface area contributed by atoms with E-state index in [1.165, 1.54) is 39.1 Å². The van der Waals surface area contributed by atoms with E-state index in [1.54, 1.807) is 19.2 Å². The molecule has 0 atom stereocenters. The smallest absolute Gasteiger partial charge is 0.256 e. The summed E-state index contributed by atoms with van der Waals surface area (Å²) in [6.45, 7) is 0. The van der Waals surface area contributed by atoms with Crippen LogP contribution in [0, 0.1) is 11.3 Å². The van der Waals surface area contributed by atoms with Crippen LogP contribution < -0.4 is 5.32 Å². The van der Waals surface area contributed by atoms with E-state index >= 15 is 0 Å². The number of thiophene rings is 1. The minimum Gasteiger partial charge on any atom is -0.312 e. The highest BCUT2D eigenvalue weighted by Gasteiger charge is 2.29. The van der Waals surface area contributed by atoms with Gasteiger partial charge in [0.2, 0.25) is 10.0 Å². The molecule has 1 saturated carbocycles. The normalized spacial score (nSPS) is 17.4. The standard InChI is InChI=1S/C24H29N3O3S2/c1-27(18-8-4-2-5-9-18)32(29,30)19-14-12-17(13-15-19)23(28)26-24-21(16-25)20-10-6-3-7-11-22(20)31-24/h12-15,18H,2-11H2,1H3,(H,26,28). The molecule has 2 aliphatic carbocycles. The molecule has 0 spiro atoms. The highest BCUT2D eigenvalue weighted by Crippen LogP contribution is 2.37. The van der Waals surface area contributed by atoms with Crippen LogP contribution in [0.5, 0.6) is 0 Å². The van der Waals surface area contributed by atoms with E-state index in [-0.39, 0.29) is 16.8 Å². The summed E-state index contributed by atoms with van der Waals surface area (Å²) in [7, 11) is -1.95. The van der Waals surface area contributed by atoms with Crippen LogP contribution >= 0.6 is 11.3 Å². The van der Waals surface area contributed by atoms with Gasteiger partial charge in [-0.15, -0.1) is 11.3 Å². The maximum atomic E-state index is 13.0. The van der Waals surface area contributed by atoms with Crippen molar-refractivity contribution < 1.29 is 13.2 Å². The van der Waals surface area contributed by atoms with E-state index < -0.39 is 10.0 Å².